The number of hydrogen-bond donors (Lipinski definition) is 1. The Balaban J connectivity index is 1.44. The highest BCUT2D eigenvalue weighted by Gasteiger charge is 2.13. The van der Waals surface area contributed by atoms with Crippen molar-refractivity contribution in [1.29, 1.82) is 0 Å². The van der Waals surface area contributed by atoms with E-state index in [9.17, 15) is 9.59 Å². The second-order valence-electron chi connectivity index (χ2n) is 6.44. The summed E-state index contributed by atoms with van der Waals surface area (Å²) < 4.78 is 11.5. The molecule has 0 atom stereocenters. The van der Waals surface area contributed by atoms with Gasteiger partial charge in [0.1, 0.15) is 11.6 Å². The topological polar surface area (TPSA) is 77.5 Å². The monoisotopic (exact) mass is 412 g/mol. The van der Waals surface area contributed by atoms with Crippen LogP contribution in [0.5, 0.6) is 0 Å². The first-order valence-corrected chi connectivity index (χ1v) is 10.4. The van der Waals surface area contributed by atoms with Gasteiger partial charge in [0.2, 0.25) is 0 Å². The molecular weight excluding hydrogens is 388 g/mol. The van der Waals surface area contributed by atoms with E-state index in [4.69, 9.17) is 9.47 Å². The molecule has 2 aromatic carbocycles. The predicted octanol–water partition coefficient (Wildman–Crippen LogP) is 4.12. The Morgan fingerprint density at radius 2 is 1.72 bits per heavy atom. The lowest BCUT2D eigenvalue weighted by molar-refractivity contribution is -0.152. The van der Waals surface area contributed by atoms with E-state index >= 15 is 0 Å². The molecule has 1 aromatic heterocycles. The van der Waals surface area contributed by atoms with Crippen molar-refractivity contribution in [3.05, 3.63) is 58.6 Å². The van der Waals surface area contributed by atoms with Crippen molar-refractivity contribution in [2.45, 2.75) is 33.3 Å². The van der Waals surface area contributed by atoms with Crippen LogP contribution in [0.1, 0.15) is 30.0 Å². The number of anilines is 1. The van der Waals surface area contributed by atoms with Crippen LogP contribution in [-0.4, -0.2) is 30.1 Å². The van der Waals surface area contributed by atoms with E-state index in [1.807, 2.05) is 56.3 Å². The van der Waals surface area contributed by atoms with Crippen molar-refractivity contribution < 1.29 is 19.1 Å². The fourth-order valence-corrected chi connectivity index (χ4v) is 3.87. The van der Waals surface area contributed by atoms with Gasteiger partial charge in [-0.3, -0.25) is 4.79 Å². The van der Waals surface area contributed by atoms with Crippen LogP contribution in [0.25, 0.3) is 10.2 Å². The lowest BCUT2D eigenvalue weighted by Gasteiger charge is -2.14. The molecule has 0 saturated carbocycles. The number of aryl methyl sites for hydroxylation is 2. The first-order valence-electron chi connectivity index (χ1n) is 9.59. The third-order valence-electron chi connectivity index (χ3n) is 4.41. The van der Waals surface area contributed by atoms with Crippen LogP contribution in [0.2, 0.25) is 0 Å². The van der Waals surface area contributed by atoms with Gasteiger partial charge in [-0.1, -0.05) is 44.2 Å². The molecule has 29 heavy (non-hydrogen) atoms. The van der Waals surface area contributed by atoms with E-state index < -0.39 is 5.97 Å². The van der Waals surface area contributed by atoms with E-state index in [2.05, 4.69) is 10.3 Å². The molecule has 0 aliphatic heterocycles. The molecule has 0 aliphatic rings. The van der Waals surface area contributed by atoms with E-state index in [-0.39, 0.29) is 25.7 Å². The first-order chi connectivity index (χ1) is 14.1. The fourth-order valence-electron chi connectivity index (χ4n) is 2.97. The Morgan fingerprint density at radius 1 is 1.00 bits per heavy atom. The summed E-state index contributed by atoms with van der Waals surface area (Å²) in [4.78, 5) is 28.5. The zero-order chi connectivity index (χ0) is 20.6. The van der Waals surface area contributed by atoms with Gasteiger partial charge in [0, 0.05) is 5.69 Å². The van der Waals surface area contributed by atoms with E-state index in [1.54, 1.807) is 0 Å². The van der Waals surface area contributed by atoms with E-state index in [0.717, 1.165) is 44.9 Å². The minimum Gasteiger partial charge on any atom is -0.454 e. The summed E-state index contributed by atoms with van der Waals surface area (Å²) in [5.41, 5.74) is 3.84. The molecule has 0 unspecified atom stereocenters. The van der Waals surface area contributed by atoms with Gasteiger partial charge in [-0.15, -0.1) is 11.3 Å². The molecule has 1 N–H and O–H groups in total. The van der Waals surface area contributed by atoms with Gasteiger partial charge in [-0.05, 0) is 36.1 Å². The molecular formula is C22H24N2O4S. The van der Waals surface area contributed by atoms with Crippen LogP contribution in [0.3, 0.4) is 0 Å². The number of aromatic nitrogens is 1. The third kappa shape index (κ3) is 5.62. The number of carbonyl (C=O) groups excluding carboxylic acids is 2. The zero-order valence-electron chi connectivity index (χ0n) is 16.6. The molecule has 0 radical (unpaired) electrons. The number of para-hydroxylation sites is 2. The van der Waals surface area contributed by atoms with Crippen LogP contribution in [0.15, 0.2) is 42.5 Å². The van der Waals surface area contributed by atoms with Gasteiger partial charge in [-0.2, -0.15) is 0 Å². The number of carbonyl (C=O) groups is 2. The number of hydrogen-bond acceptors (Lipinski definition) is 6. The van der Waals surface area contributed by atoms with Gasteiger partial charge in [0.15, 0.2) is 6.61 Å². The minimum atomic E-state index is -0.583. The number of rotatable bonds is 9. The number of esters is 1. The highest BCUT2D eigenvalue weighted by Crippen LogP contribution is 2.23. The number of thiazole rings is 1. The Morgan fingerprint density at radius 3 is 2.41 bits per heavy atom. The maximum Gasteiger partial charge on any atom is 0.332 e. The molecule has 1 amide bonds. The average molecular weight is 413 g/mol. The summed E-state index contributed by atoms with van der Waals surface area (Å²) in [5, 5.41) is 3.66. The summed E-state index contributed by atoms with van der Waals surface area (Å²) >= 11 is 1.52. The first kappa shape index (κ1) is 21.0. The number of amides is 1. The van der Waals surface area contributed by atoms with Crippen molar-refractivity contribution in [3.8, 4) is 0 Å². The highest BCUT2D eigenvalue weighted by molar-refractivity contribution is 7.18. The van der Waals surface area contributed by atoms with E-state index in [1.165, 1.54) is 11.3 Å². The van der Waals surface area contributed by atoms with Crippen molar-refractivity contribution in [1.82, 2.24) is 4.98 Å². The molecule has 152 valence electrons. The van der Waals surface area contributed by atoms with Crippen molar-refractivity contribution in [3.63, 3.8) is 0 Å². The third-order valence-corrected chi connectivity index (χ3v) is 5.42. The normalized spacial score (nSPS) is 10.8. The Labute approximate surface area is 173 Å². The SMILES string of the molecule is CCc1cccc(CC)c1NC(=O)COC(=O)COCc1nc2ccccc2s1. The van der Waals surface area contributed by atoms with Crippen LogP contribution < -0.4 is 5.32 Å². The van der Waals surface area contributed by atoms with Crippen molar-refractivity contribution in [2.75, 3.05) is 18.5 Å². The number of fused-ring (bicyclic) bond motifs is 1. The van der Waals surface area contributed by atoms with Crippen LogP contribution in [0.4, 0.5) is 5.69 Å². The summed E-state index contributed by atoms with van der Waals surface area (Å²) in [5.74, 6) is -0.944. The van der Waals surface area contributed by atoms with Gasteiger partial charge in [0.05, 0.1) is 16.8 Å². The van der Waals surface area contributed by atoms with Crippen molar-refractivity contribution >= 4 is 39.1 Å². The summed E-state index contributed by atoms with van der Waals surface area (Å²) in [6.45, 7) is 3.73. The largest absolute Gasteiger partial charge is 0.454 e. The zero-order valence-corrected chi connectivity index (χ0v) is 17.4. The van der Waals surface area contributed by atoms with Crippen LogP contribution >= 0.6 is 11.3 Å². The number of ether oxygens (including phenoxy) is 2. The molecule has 7 heteroatoms. The molecule has 0 spiro atoms. The smallest absolute Gasteiger partial charge is 0.332 e. The van der Waals surface area contributed by atoms with Crippen LogP contribution in [0, 0.1) is 0 Å². The highest BCUT2D eigenvalue weighted by atomic mass is 32.1. The predicted molar refractivity (Wildman–Crippen MR) is 114 cm³/mol. The molecule has 0 saturated heterocycles. The molecule has 0 fully saturated rings. The van der Waals surface area contributed by atoms with Crippen LogP contribution in [-0.2, 0) is 38.5 Å². The Kier molecular flexibility index (Phi) is 7.32. The summed E-state index contributed by atoms with van der Waals surface area (Å²) in [6.07, 6.45) is 1.62. The Bertz CT molecular complexity index is 944. The van der Waals surface area contributed by atoms with Gasteiger partial charge in [0.25, 0.3) is 5.91 Å². The van der Waals surface area contributed by atoms with Gasteiger partial charge in [-0.25, -0.2) is 9.78 Å². The second kappa shape index (κ2) is 10.1. The second-order valence-corrected chi connectivity index (χ2v) is 7.55. The van der Waals surface area contributed by atoms with Gasteiger partial charge >= 0.3 is 5.97 Å². The molecule has 0 aliphatic carbocycles. The maximum atomic E-state index is 12.2. The average Bonchev–Trinajstić information content (AvgIpc) is 3.15. The fraction of sp³-hybridized carbons (Fsp3) is 0.318. The lowest BCUT2D eigenvalue weighted by atomic mass is 10.0. The maximum absolute atomic E-state index is 12.2. The number of benzene rings is 2. The number of nitrogens with one attached hydrogen (secondary N) is 1. The molecule has 1 heterocycles. The van der Waals surface area contributed by atoms with Crippen molar-refractivity contribution in [2.24, 2.45) is 0 Å². The molecule has 6 nitrogen and oxygen atoms in total. The molecule has 3 rings (SSSR count). The quantitative estimate of drug-likeness (QED) is 0.535. The minimum absolute atomic E-state index is 0.227. The van der Waals surface area contributed by atoms with Gasteiger partial charge < -0.3 is 14.8 Å². The molecule has 3 aromatic rings. The number of nitrogens with zero attached hydrogens (tertiary/aromatic N) is 1. The summed E-state index contributed by atoms with van der Waals surface area (Å²) in [7, 11) is 0. The molecule has 0 bridgehead atoms. The summed E-state index contributed by atoms with van der Waals surface area (Å²) in [6, 6.07) is 13.8. The standard InChI is InChI=1S/C22H24N2O4S/c1-3-15-8-7-9-16(4-2)22(15)24-19(25)12-28-21(26)14-27-13-20-23-17-10-5-6-11-18(17)29-20/h5-11H,3-4,12-14H2,1-2H3,(H,24,25). The Hall–Kier alpha value is -2.77. The lowest BCUT2D eigenvalue weighted by Crippen LogP contribution is -2.24. The van der Waals surface area contributed by atoms with E-state index in [0.29, 0.717) is 0 Å².